The summed E-state index contributed by atoms with van der Waals surface area (Å²) >= 11 is 16.2. The van der Waals surface area contributed by atoms with Crippen molar-refractivity contribution in [2.75, 3.05) is 39.8 Å². The molecule has 0 saturated heterocycles. The van der Waals surface area contributed by atoms with E-state index in [1.165, 1.54) is 22.3 Å². The molecular formula is C30H34Cl2N6S2. The van der Waals surface area contributed by atoms with Gasteiger partial charge in [-0.25, -0.2) is 9.98 Å². The Morgan fingerprint density at radius 1 is 0.650 bits per heavy atom. The van der Waals surface area contributed by atoms with E-state index in [0.717, 1.165) is 61.1 Å². The Morgan fingerprint density at radius 3 is 1.45 bits per heavy atom. The molecule has 6 nitrogen and oxygen atoms in total. The Morgan fingerprint density at radius 2 is 1.07 bits per heavy atom. The third kappa shape index (κ3) is 8.90. The van der Waals surface area contributed by atoms with Crippen LogP contribution in [0, 0.1) is 0 Å². The van der Waals surface area contributed by atoms with Crippen molar-refractivity contribution in [2.45, 2.75) is 24.3 Å². The number of halogens is 2. The van der Waals surface area contributed by atoms with Gasteiger partial charge in [-0.15, -0.1) is 0 Å². The third-order valence-corrected chi connectivity index (χ3v) is 9.55. The molecule has 210 valence electrons. The standard InChI is InChI=1S/C30H34Cl2N6S2/c31-27-15-25(17-39-29-33-19-37(20-34-29)13-11-23-7-3-1-4-8-23)26(16-28(27)32)18-40-30-35-21-38(22-36-30)14-12-24-9-5-2-6-10-24/h1-10,15-16H,11-14,17-22H2,(H,33,34)(H,35,36). The summed E-state index contributed by atoms with van der Waals surface area (Å²) in [6.45, 7) is 4.98. The molecule has 0 amide bonds. The summed E-state index contributed by atoms with van der Waals surface area (Å²) < 4.78 is 0. The number of thioether (sulfide) groups is 2. The minimum absolute atomic E-state index is 0.582. The normalized spacial score (nSPS) is 16.1. The van der Waals surface area contributed by atoms with Crippen molar-refractivity contribution in [1.29, 1.82) is 0 Å². The van der Waals surface area contributed by atoms with Gasteiger partial charge in [0.2, 0.25) is 0 Å². The summed E-state index contributed by atoms with van der Waals surface area (Å²) in [6, 6.07) is 25.2. The Balaban J connectivity index is 1.09. The van der Waals surface area contributed by atoms with E-state index in [1.807, 2.05) is 12.1 Å². The predicted octanol–water partition coefficient (Wildman–Crippen LogP) is 6.30. The van der Waals surface area contributed by atoms with E-state index in [-0.39, 0.29) is 0 Å². The summed E-state index contributed by atoms with van der Waals surface area (Å²) in [5, 5.41) is 10.0. The SMILES string of the molecule is Clc1cc(CSC2=NCN(CCc3ccccc3)CN2)c(CSC2=NCN(CCc3ccccc3)CN2)cc1Cl. The van der Waals surface area contributed by atoms with Crippen LogP contribution in [0.25, 0.3) is 0 Å². The summed E-state index contributed by atoms with van der Waals surface area (Å²) in [4.78, 5) is 14.2. The molecule has 3 aromatic rings. The molecule has 0 fully saturated rings. The Hall–Kier alpha value is -2.20. The van der Waals surface area contributed by atoms with Gasteiger partial charge in [-0.1, -0.05) is 107 Å². The Kier molecular flexibility index (Phi) is 11.1. The average molecular weight is 614 g/mol. The molecule has 0 atom stereocenters. The topological polar surface area (TPSA) is 55.3 Å². The maximum absolute atomic E-state index is 6.41. The van der Waals surface area contributed by atoms with Gasteiger partial charge in [0.1, 0.15) is 0 Å². The first kappa shape index (κ1) is 29.3. The van der Waals surface area contributed by atoms with E-state index >= 15 is 0 Å². The summed E-state index contributed by atoms with van der Waals surface area (Å²) in [5.74, 6) is 1.55. The van der Waals surface area contributed by atoms with E-state index < -0.39 is 0 Å². The molecule has 2 aliphatic rings. The van der Waals surface area contributed by atoms with Crippen molar-refractivity contribution >= 4 is 57.1 Å². The fourth-order valence-corrected chi connectivity index (χ4v) is 6.57. The van der Waals surface area contributed by atoms with E-state index in [4.69, 9.17) is 33.2 Å². The fourth-order valence-electron chi connectivity index (χ4n) is 4.45. The lowest BCUT2D eigenvalue weighted by molar-refractivity contribution is 0.270. The summed E-state index contributed by atoms with van der Waals surface area (Å²) in [7, 11) is 0. The van der Waals surface area contributed by atoms with Gasteiger partial charge in [0.05, 0.1) is 36.7 Å². The van der Waals surface area contributed by atoms with Crippen molar-refractivity contribution in [3.8, 4) is 0 Å². The largest absolute Gasteiger partial charge is 0.352 e. The van der Waals surface area contributed by atoms with Crippen LogP contribution in [-0.4, -0.2) is 59.9 Å². The molecular weight excluding hydrogens is 579 g/mol. The highest BCUT2D eigenvalue weighted by atomic mass is 35.5. The van der Waals surface area contributed by atoms with Crippen molar-refractivity contribution in [1.82, 2.24) is 20.4 Å². The number of nitrogens with one attached hydrogen (secondary N) is 2. The summed E-state index contributed by atoms with van der Waals surface area (Å²) in [6.07, 6.45) is 2.05. The highest BCUT2D eigenvalue weighted by molar-refractivity contribution is 8.13. The molecule has 2 heterocycles. The molecule has 0 aromatic heterocycles. The van der Waals surface area contributed by atoms with Crippen molar-refractivity contribution in [2.24, 2.45) is 9.98 Å². The van der Waals surface area contributed by atoms with Crippen LogP contribution in [0.4, 0.5) is 0 Å². The molecule has 0 unspecified atom stereocenters. The van der Waals surface area contributed by atoms with Gasteiger partial charge >= 0.3 is 0 Å². The average Bonchev–Trinajstić information content (AvgIpc) is 3.00. The van der Waals surface area contributed by atoms with Crippen molar-refractivity contribution in [3.05, 3.63) is 105 Å². The minimum atomic E-state index is 0.582. The number of benzene rings is 3. The number of amidine groups is 2. The van der Waals surface area contributed by atoms with Crippen LogP contribution in [0.5, 0.6) is 0 Å². The van der Waals surface area contributed by atoms with E-state index in [0.29, 0.717) is 23.4 Å². The van der Waals surface area contributed by atoms with Gasteiger partial charge in [0, 0.05) is 24.6 Å². The van der Waals surface area contributed by atoms with Crippen molar-refractivity contribution in [3.63, 3.8) is 0 Å². The molecule has 2 aliphatic heterocycles. The number of aliphatic imine (C=N–C) groups is 2. The number of rotatable bonds is 10. The molecule has 0 spiro atoms. The quantitative estimate of drug-likeness (QED) is 0.280. The Labute approximate surface area is 255 Å². The van der Waals surface area contributed by atoms with E-state index in [9.17, 15) is 0 Å². The molecule has 0 saturated carbocycles. The lowest BCUT2D eigenvalue weighted by atomic mass is 10.1. The van der Waals surface area contributed by atoms with Gasteiger partial charge in [-0.2, -0.15) is 0 Å². The van der Waals surface area contributed by atoms with Crippen LogP contribution in [0.1, 0.15) is 22.3 Å². The monoisotopic (exact) mass is 612 g/mol. The smallest absolute Gasteiger partial charge is 0.159 e. The highest BCUT2D eigenvalue weighted by Crippen LogP contribution is 2.31. The second-order valence-electron chi connectivity index (χ2n) is 9.75. The minimum Gasteiger partial charge on any atom is -0.352 e. The number of hydrogen-bond donors (Lipinski definition) is 2. The van der Waals surface area contributed by atoms with Gasteiger partial charge in [0.25, 0.3) is 0 Å². The van der Waals surface area contributed by atoms with Gasteiger partial charge in [-0.05, 0) is 47.2 Å². The molecule has 10 heteroatoms. The van der Waals surface area contributed by atoms with Gasteiger partial charge < -0.3 is 10.6 Å². The zero-order chi connectivity index (χ0) is 27.6. The molecule has 0 bridgehead atoms. The lowest BCUT2D eigenvalue weighted by Crippen LogP contribution is -2.42. The highest BCUT2D eigenvalue weighted by Gasteiger charge is 2.16. The lowest BCUT2D eigenvalue weighted by Gasteiger charge is -2.27. The van der Waals surface area contributed by atoms with Gasteiger partial charge in [-0.3, -0.25) is 9.80 Å². The van der Waals surface area contributed by atoms with Gasteiger partial charge in [0.15, 0.2) is 10.3 Å². The second kappa shape index (κ2) is 15.1. The van der Waals surface area contributed by atoms with Crippen LogP contribution in [-0.2, 0) is 24.3 Å². The fraction of sp³-hybridized carbons (Fsp3) is 0.333. The van der Waals surface area contributed by atoms with Crippen LogP contribution in [0.2, 0.25) is 10.0 Å². The molecule has 0 radical (unpaired) electrons. The van der Waals surface area contributed by atoms with Crippen LogP contribution >= 0.6 is 46.7 Å². The van der Waals surface area contributed by atoms with Crippen molar-refractivity contribution < 1.29 is 0 Å². The Bertz CT molecular complexity index is 1210. The maximum Gasteiger partial charge on any atom is 0.159 e. The molecule has 3 aromatic carbocycles. The first-order chi connectivity index (χ1) is 19.6. The molecule has 40 heavy (non-hydrogen) atoms. The molecule has 2 N–H and O–H groups in total. The third-order valence-electron chi connectivity index (χ3n) is 6.83. The molecule has 5 rings (SSSR count). The zero-order valence-electron chi connectivity index (χ0n) is 22.4. The van der Waals surface area contributed by atoms with E-state index in [1.54, 1.807) is 23.5 Å². The first-order valence-electron chi connectivity index (χ1n) is 13.4. The van der Waals surface area contributed by atoms with Crippen LogP contribution in [0.15, 0.2) is 82.8 Å². The van der Waals surface area contributed by atoms with Crippen LogP contribution in [0.3, 0.4) is 0 Å². The predicted molar refractivity (Wildman–Crippen MR) is 173 cm³/mol. The second-order valence-corrected chi connectivity index (χ2v) is 12.5. The van der Waals surface area contributed by atoms with E-state index in [2.05, 4.69) is 81.1 Å². The number of hydrogen-bond acceptors (Lipinski definition) is 8. The maximum atomic E-state index is 6.41. The first-order valence-corrected chi connectivity index (χ1v) is 16.2. The zero-order valence-corrected chi connectivity index (χ0v) is 25.5. The summed E-state index contributed by atoms with van der Waals surface area (Å²) in [5.41, 5.74) is 5.05. The molecule has 0 aliphatic carbocycles. The number of nitrogens with zero attached hydrogens (tertiary/aromatic N) is 4. The van der Waals surface area contributed by atoms with Crippen LogP contribution < -0.4 is 10.6 Å².